The molecule has 3 N–H and O–H groups in total. The summed E-state index contributed by atoms with van der Waals surface area (Å²) in [4.78, 5) is 19.9. The summed E-state index contributed by atoms with van der Waals surface area (Å²) in [6.45, 7) is 5.49. The van der Waals surface area contributed by atoms with Crippen molar-refractivity contribution in [1.82, 2.24) is 20.5 Å². The molecule has 4 heterocycles. The van der Waals surface area contributed by atoms with Crippen LogP contribution >= 0.6 is 22.7 Å². The van der Waals surface area contributed by atoms with Gasteiger partial charge in [-0.05, 0) is 87.3 Å². The smallest absolute Gasteiger partial charge is 0.280 e. The Labute approximate surface area is 214 Å². The van der Waals surface area contributed by atoms with Gasteiger partial charge in [0.2, 0.25) is 0 Å². The van der Waals surface area contributed by atoms with Crippen LogP contribution in [-0.4, -0.2) is 63.0 Å². The van der Waals surface area contributed by atoms with Crippen LogP contribution in [0.3, 0.4) is 0 Å². The van der Waals surface area contributed by atoms with E-state index in [1.807, 2.05) is 0 Å². The third-order valence-corrected chi connectivity index (χ3v) is 10.6. The summed E-state index contributed by atoms with van der Waals surface area (Å²) in [7, 11) is -3.62. The van der Waals surface area contributed by atoms with Crippen LogP contribution in [0.5, 0.6) is 0 Å². The Balaban J connectivity index is 1.14. The summed E-state index contributed by atoms with van der Waals surface area (Å²) >= 11 is 2.45. The lowest BCUT2D eigenvalue weighted by Gasteiger charge is -2.33. The maximum absolute atomic E-state index is 12.9. The number of rotatable bonds is 8. The lowest BCUT2D eigenvalue weighted by molar-refractivity contribution is 0.0908. The number of aromatic nitrogens is 1. The average molecular weight is 534 g/mol. The van der Waals surface area contributed by atoms with Crippen LogP contribution in [0.4, 0.5) is 5.69 Å². The molecule has 1 amide bonds. The largest absolute Gasteiger partial charge is 0.347 e. The second-order valence-electron chi connectivity index (χ2n) is 9.31. The number of fused-ring (bicyclic) bond motifs is 1. The summed E-state index contributed by atoms with van der Waals surface area (Å²) in [5.41, 5.74) is 1.14. The first-order valence-electron chi connectivity index (χ1n) is 12.2. The fourth-order valence-corrected chi connectivity index (χ4v) is 7.74. The van der Waals surface area contributed by atoms with E-state index >= 15 is 0 Å². The van der Waals surface area contributed by atoms with Gasteiger partial charge in [0.25, 0.3) is 15.9 Å². The number of benzene rings is 1. The van der Waals surface area contributed by atoms with Gasteiger partial charge in [-0.3, -0.25) is 9.52 Å². The molecule has 188 valence electrons. The summed E-state index contributed by atoms with van der Waals surface area (Å²) in [6.07, 6.45) is 5.76. The van der Waals surface area contributed by atoms with Crippen LogP contribution in [0.2, 0.25) is 0 Å². The molecule has 11 heteroatoms. The van der Waals surface area contributed by atoms with Crippen molar-refractivity contribution in [2.75, 3.05) is 37.4 Å². The van der Waals surface area contributed by atoms with Crippen LogP contribution in [0, 0.1) is 5.92 Å². The van der Waals surface area contributed by atoms with E-state index in [2.05, 4.69) is 25.2 Å². The Morgan fingerprint density at radius 2 is 1.94 bits per heavy atom. The molecule has 0 radical (unpaired) electrons. The SMILES string of the molecule is O=C(NC1CCN(CCC2CCNCC2)CC1)c1nc2ccc(NS(=O)(=O)c3cccs3)cc2s1. The van der Waals surface area contributed by atoms with Gasteiger partial charge >= 0.3 is 0 Å². The van der Waals surface area contributed by atoms with Crippen LogP contribution in [-0.2, 0) is 10.0 Å². The Hall–Kier alpha value is -2.05. The third kappa shape index (κ3) is 6.21. The summed E-state index contributed by atoms with van der Waals surface area (Å²) in [6, 6.07) is 8.59. The number of hydrogen-bond acceptors (Lipinski definition) is 8. The average Bonchev–Trinajstić information content (AvgIpc) is 3.55. The van der Waals surface area contributed by atoms with Gasteiger partial charge in [-0.25, -0.2) is 13.4 Å². The van der Waals surface area contributed by atoms with E-state index in [4.69, 9.17) is 0 Å². The minimum absolute atomic E-state index is 0.153. The zero-order chi connectivity index (χ0) is 24.3. The molecule has 2 aliphatic rings. The Morgan fingerprint density at radius 1 is 1.14 bits per heavy atom. The van der Waals surface area contributed by atoms with E-state index in [0.717, 1.165) is 56.2 Å². The molecule has 0 atom stereocenters. The maximum Gasteiger partial charge on any atom is 0.280 e. The minimum Gasteiger partial charge on any atom is -0.347 e. The first-order valence-corrected chi connectivity index (χ1v) is 15.3. The molecule has 3 aromatic rings. The van der Waals surface area contributed by atoms with Crippen molar-refractivity contribution in [1.29, 1.82) is 0 Å². The summed E-state index contributed by atoms with van der Waals surface area (Å²) in [5.74, 6) is 0.694. The molecule has 1 aromatic carbocycles. The van der Waals surface area contributed by atoms with Gasteiger partial charge in [-0.15, -0.1) is 22.7 Å². The number of amides is 1. The molecule has 2 aliphatic heterocycles. The number of likely N-dealkylation sites (tertiary alicyclic amines) is 1. The molecule has 0 bridgehead atoms. The standard InChI is InChI=1S/C24H31N5O3S3/c30-23(26-18-8-13-29(14-9-18)12-7-17-5-10-25-11-6-17)24-27-20-4-3-19(16-21(20)34-24)28-35(31,32)22-2-1-15-33-22/h1-4,15-18,25,28H,5-14H2,(H,26,30). The molecule has 35 heavy (non-hydrogen) atoms. The molecule has 2 saturated heterocycles. The van der Waals surface area contributed by atoms with E-state index < -0.39 is 10.0 Å². The highest BCUT2D eigenvalue weighted by Gasteiger charge is 2.24. The van der Waals surface area contributed by atoms with Crippen molar-refractivity contribution < 1.29 is 13.2 Å². The monoisotopic (exact) mass is 533 g/mol. The predicted molar refractivity (Wildman–Crippen MR) is 142 cm³/mol. The van der Waals surface area contributed by atoms with Gasteiger partial charge in [-0.2, -0.15) is 0 Å². The molecule has 2 fully saturated rings. The lowest BCUT2D eigenvalue weighted by Crippen LogP contribution is -2.45. The number of carbonyl (C=O) groups excluding carboxylic acids is 1. The minimum atomic E-state index is -3.62. The Kier molecular flexibility index (Phi) is 7.68. The zero-order valence-corrected chi connectivity index (χ0v) is 22.0. The van der Waals surface area contributed by atoms with Crippen molar-refractivity contribution in [2.45, 2.75) is 42.4 Å². The predicted octanol–water partition coefficient (Wildman–Crippen LogP) is 3.74. The number of sulfonamides is 1. The van der Waals surface area contributed by atoms with Crippen molar-refractivity contribution in [3.8, 4) is 0 Å². The van der Waals surface area contributed by atoms with E-state index in [-0.39, 0.29) is 16.2 Å². The normalized spacial score (nSPS) is 18.6. The molecule has 0 saturated carbocycles. The van der Waals surface area contributed by atoms with Gasteiger partial charge in [0.1, 0.15) is 4.21 Å². The zero-order valence-electron chi connectivity index (χ0n) is 19.5. The second kappa shape index (κ2) is 10.9. The number of thiazole rings is 1. The molecule has 8 nitrogen and oxygen atoms in total. The number of nitrogens with one attached hydrogen (secondary N) is 3. The molecular weight excluding hydrogens is 502 g/mol. The quantitative estimate of drug-likeness (QED) is 0.408. The fraction of sp³-hybridized carbons (Fsp3) is 0.500. The lowest BCUT2D eigenvalue weighted by atomic mass is 9.94. The van der Waals surface area contributed by atoms with Crippen molar-refractivity contribution in [3.05, 3.63) is 40.7 Å². The highest BCUT2D eigenvalue weighted by molar-refractivity contribution is 7.94. The molecule has 0 aliphatic carbocycles. The fourth-order valence-electron chi connectivity index (χ4n) is 4.79. The maximum atomic E-state index is 12.9. The van der Waals surface area contributed by atoms with Crippen LogP contribution in [0.1, 0.15) is 41.9 Å². The van der Waals surface area contributed by atoms with Crippen molar-refractivity contribution in [2.24, 2.45) is 5.92 Å². The molecular formula is C24H31N5O3S3. The van der Waals surface area contributed by atoms with Gasteiger partial charge < -0.3 is 15.5 Å². The van der Waals surface area contributed by atoms with E-state index in [9.17, 15) is 13.2 Å². The topological polar surface area (TPSA) is 103 Å². The van der Waals surface area contributed by atoms with E-state index in [1.54, 1.807) is 35.7 Å². The number of carbonyl (C=O) groups is 1. The van der Waals surface area contributed by atoms with E-state index in [1.165, 1.54) is 41.9 Å². The second-order valence-corrected chi connectivity index (χ2v) is 13.2. The van der Waals surface area contributed by atoms with Gasteiger partial charge in [0, 0.05) is 19.1 Å². The molecule has 5 rings (SSSR count). The highest BCUT2D eigenvalue weighted by atomic mass is 32.2. The third-order valence-electron chi connectivity index (χ3n) is 6.83. The van der Waals surface area contributed by atoms with Gasteiger partial charge in [0.15, 0.2) is 5.01 Å². The molecule has 2 aromatic heterocycles. The number of nitrogens with zero attached hydrogens (tertiary/aromatic N) is 2. The van der Waals surface area contributed by atoms with Crippen LogP contribution in [0.15, 0.2) is 39.9 Å². The van der Waals surface area contributed by atoms with Crippen LogP contribution < -0.4 is 15.4 Å². The van der Waals surface area contributed by atoms with Gasteiger partial charge in [0.05, 0.1) is 15.9 Å². The molecule has 0 unspecified atom stereocenters. The number of anilines is 1. The number of piperidine rings is 2. The van der Waals surface area contributed by atoms with Crippen molar-refractivity contribution in [3.63, 3.8) is 0 Å². The molecule has 0 spiro atoms. The summed E-state index contributed by atoms with van der Waals surface area (Å²) in [5, 5.41) is 8.72. The highest BCUT2D eigenvalue weighted by Crippen LogP contribution is 2.28. The number of thiophene rings is 1. The first kappa shape index (κ1) is 24.6. The van der Waals surface area contributed by atoms with Gasteiger partial charge in [-0.1, -0.05) is 6.07 Å². The Bertz CT molecular complexity index is 1240. The van der Waals surface area contributed by atoms with E-state index in [0.29, 0.717) is 16.2 Å². The first-order chi connectivity index (χ1) is 17.0. The Morgan fingerprint density at radius 3 is 2.69 bits per heavy atom. The van der Waals surface area contributed by atoms with Crippen molar-refractivity contribution >= 4 is 54.5 Å². The summed E-state index contributed by atoms with van der Waals surface area (Å²) < 4.78 is 28.6. The number of hydrogen-bond donors (Lipinski definition) is 3. The van der Waals surface area contributed by atoms with Crippen LogP contribution in [0.25, 0.3) is 10.2 Å².